The molecule has 0 aromatic carbocycles. The molecule has 0 spiro atoms. The van der Waals surface area contributed by atoms with E-state index in [1.165, 1.54) is 0 Å². The van der Waals surface area contributed by atoms with Crippen LogP contribution in [0.1, 0.15) is 26.7 Å². The zero-order valence-corrected chi connectivity index (χ0v) is 10.2. The Balaban J connectivity index is 2.72. The van der Waals surface area contributed by atoms with Gasteiger partial charge in [-0.1, -0.05) is 0 Å². The first-order chi connectivity index (χ1) is 7.03. The molecular weight excluding hydrogens is 192 g/mol. The Labute approximate surface area is 92.0 Å². The molecule has 0 aromatic heterocycles. The maximum Gasteiger partial charge on any atom is 0.240 e. The Morgan fingerprint density at radius 1 is 1.60 bits per heavy atom. The summed E-state index contributed by atoms with van der Waals surface area (Å²) in [5.74, 6) is 0.200. The molecule has 1 rings (SSSR count). The van der Waals surface area contributed by atoms with E-state index in [1.54, 1.807) is 7.11 Å². The highest BCUT2D eigenvalue weighted by Gasteiger charge is 2.36. The summed E-state index contributed by atoms with van der Waals surface area (Å²) in [5.41, 5.74) is -0.207. The number of hydrogen-bond acceptors (Lipinski definition) is 3. The summed E-state index contributed by atoms with van der Waals surface area (Å²) >= 11 is 0. The lowest BCUT2D eigenvalue weighted by atomic mass is 9.96. The minimum Gasteiger partial charge on any atom is -0.382 e. The van der Waals surface area contributed by atoms with Crippen LogP contribution in [0.2, 0.25) is 0 Å². The molecule has 1 atom stereocenters. The van der Waals surface area contributed by atoms with Gasteiger partial charge < -0.3 is 15.0 Å². The van der Waals surface area contributed by atoms with Gasteiger partial charge in [0.1, 0.15) is 0 Å². The number of ether oxygens (including phenoxy) is 1. The second-order valence-electron chi connectivity index (χ2n) is 4.72. The van der Waals surface area contributed by atoms with Gasteiger partial charge in [-0.2, -0.15) is 0 Å². The highest BCUT2D eigenvalue weighted by Crippen LogP contribution is 2.22. The molecule has 1 N–H and O–H groups in total. The van der Waals surface area contributed by atoms with Crippen molar-refractivity contribution >= 4 is 5.91 Å². The lowest BCUT2D eigenvalue weighted by Crippen LogP contribution is -2.58. The summed E-state index contributed by atoms with van der Waals surface area (Å²) in [6, 6.07) is -0.0186. The van der Waals surface area contributed by atoms with Crippen molar-refractivity contribution in [2.24, 2.45) is 0 Å². The van der Waals surface area contributed by atoms with E-state index in [4.69, 9.17) is 4.74 Å². The number of amides is 1. The molecule has 1 heterocycles. The van der Waals surface area contributed by atoms with Gasteiger partial charge in [0, 0.05) is 13.7 Å². The Hall–Kier alpha value is -0.610. The topological polar surface area (TPSA) is 41.6 Å². The van der Waals surface area contributed by atoms with Crippen LogP contribution in [-0.2, 0) is 9.53 Å². The first-order valence-electron chi connectivity index (χ1n) is 5.50. The third-order valence-electron chi connectivity index (χ3n) is 3.02. The van der Waals surface area contributed by atoms with Crippen molar-refractivity contribution in [1.29, 1.82) is 0 Å². The average molecular weight is 214 g/mol. The van der Waals surface area contributed by atoms with Crippen LogP contribution in [0.15, 0.2) is 0 Å². The van der Waals surface area contributed by atoms with E-state index in [0.29, 0.717) is 6.61 Å². The number of carbonyl (C=O) groups excluding carboxylic acids is 1. The molecule has 0 bridgehead atoms. The molecule has 15 heavy (non-hydrogen) atoms. The molecule has 4 heteroatoms. The Morgan fingerprint density at radius 3 is 2.80 bits per heavy atom. The van der Waals surface area contributed by atoms with E-state index in [2.05, 4.69) is 5.32 Å². The van der Waals surface area contributed by atoms with Gasteiger partial charge in [-0.15, -0.1) is 0 Å². The van der Waals surface area contributed by atoms with Crippen LogP contribution >= 0.6 is 0 Å². The van der Waals surface area contributed by atoms with Gasteiger partial charge in [0.2, 0.25) is 5.91 Å². The Morgan fingerprint density at radius 2 is 2.27 bits per heavy atom. The van der Waals surface area contributed by atoms with E-state index < -0.39 is 0 Å². The minimum atomic E-state index is -0.207. The van der Waals surface area contributed by atoms with Crippen LogP contribution in [0.5, 0.6) is 0 Å². The summed E-state index contributed by atoms with van der Waals surface area (Å²) in [7, 11) is 3.51. The number of likely N-dealkylation sites (tertiary alicyclic amines) is 1. The molecule has 0 aliphatic carbocycles. The SMILES string of the molecule is CNC1CCCN(C(C)(C)COC)C1=O. The second-order valence-corrected chi connectivity index (χ2v) is 4.72. The van der Waals surface area contributed by atoms with Crippen molar-refractivity contribution in [3.8, 4) is 0 Å². The highest BCUT2D eigenvalue weighted by atomic mass is 16.5. The van der Waals surface area contributed by atoms with Crippen LogP contribution in [-0.4, -0.2) is 49.7 Å². The molecule has 0 saturated carbocycles. The van der Waals surface area contributed by atoms with Crippen LogP contribution in [0.3, 0.4) is 0 Å². The lowest BCUT2D eigenvalue weighted by molar-refractivity contribution is -0.143. The molecule has 88 valence electrons. The monoisotopic (exact) mass is 214 g/mol. The van der Waals surface area contributed by atoms with Gasteiger partial charge in [0.05, 0.1) is 18.2 Å². The number of rotatable bonds is 4. The summed E-state index contributed by atoms with van der Waals surface area (Å²) in [4.78, 5) is 14.0. The lowest BCUT2D eigenvalue weighted by Gasteiger charge is -2.43. The predicted molar refractivity (Wildman–Crippen MR) is 59.7 cm³/mol. The maximum atomic E-state index is 12.1. The van der Waals surface area contributed by atoms with Gasteiger partial charge >= 0.3 is 0 Å². The molecular formula is C11H22N2O2. The zero-order chi connectivity index (χ0) is 11.5. The quantitative estimate of drug-likeness (QED) is 0.746. The van der Waals surface area contributed by atoms with E-state index in [0.717, 1.165) is 19.4 Å². The number of carbonyl (C=O) groups is 1. The molecule has 1 saturated heterocycles. The summed E-state index contributed by atoms with van der Waals surface area (Å²) in [6.07, 6.45) is 2.00. The Kier molecular flexibility index (Phi) is 4.11. The number of nitrogens with zero attached hydrogens (tertiary/aromatic N) is 1. The highest BCUT2D eigenvalue weighted by molar-refractivity contribution is 5.83. The van der Waals surface area contributed by atoms with Crippen molar-refractivity contribution in [3.63, 3.8) is 0 Å². The molecule has 1 aliphatic rings. The number of likely N-dealkylation sites (N-methyl/N-ethyl adjacent to an activating group) is 1. The third-order valence-corrected chi connectivity index (χ3v) is 3.02. The number of methoxy groups -OCH3 is 1. The fraction of sp³-hybridized carbons (Fsp3) is 0.909. The summed E-state index contributed by atoms with van der Waals surface area (Å²) in [5, 5.41) is 3.07. The molecule has 1 unspecified atom stereocenters. The molecule has 4 nitrogen and oxygen atoms in total. The molecule has 1 amide bonds. The normalized spacial score (nSPS) is 23.3. The molecule has 0 aromatic rings. The smallest absolute Gasteiger partial charge is 0.240 e. The third kappa shape index (κ3) is 2.69. The van der Waals surface area contributed by atoms with Gasteiger partial charge in [-0.25, -0.2) is 0 Å². The van der Waals surface area contributed by atoms with E-state index >= 15 is 0 Å². The summed E-state index contributed by atoms with van der Waals surface area (Å²) in [6.45, 7) is 5.52. The summed E-state index contributed by atoms with van der Waals surface area (Å²) < 4.78 is 5.16. The number of nitrogens with one attached hydrogen (secondary N) is 1. The second kappa shape index (κ2) is 4.94. The first kappa shape index (κ1) is 12.5. The van der Waals surface area contributed by atoms with Crippen LogP contribution < -0.4 is 5.32 Å². The van der Waals surface area contributed by atoms with Crippen LogP contribution in [0.25, 0.3) is 0 Å². The van der Waals surface area contributed by atoms with Crippen molar-refractivity contribution in [2.75, 3.05) is 27.3 Å². The standard InChI is InChI=1S/C11H22N2O2/c1-11(2,8-15-4)13-7-5-6-9(12-3)10(13)14/h9,12H,5-8H2,1-4H3. The van der Waals surface area contributed by atoms with E-state index in [9.17, 15) is 4.79 Å². The van der Waals surface area contributed by atoms with Crippen molar-refractivity contribution in [2.45, 2.75) is 38.3 Å². The Bertz CT molecular complexity index is 229. The number of hydrogen-bond donors (Lipinski definition) is 1. The number of piperidine rings is 1. The van der Waals surface area contributed by atoms with Crippen molar-refractivity contribution < 1.29 is 9.53 Å². The van der Waals surface area contributed by atoms with Crippen LogP contribution in [0, 0.1) is 0 Å². The fourth-order valence-electron chi connectivity index (χ4n) is 2.18. The van der Waals surface area contributed by atoms with Gasteiger partial charge in [0.15, 0.2) is 0 Å². The molecule has 0 radical (unpaired) electrons. The van der Waals surface area contributed by atoms with Gasteiger partial charge in [-0.3, -0.25) is 4.79 Å². The van der Waals surface area contributed by atoms with Crippen molar-refractivity contribution in [1.82, 2.24) is 10.2 Å². The molecule has 1 fully saturated rings. The minimum absolute atomic E-state index is 0.0186. The van der Waals surface area contributed by atoms with Crippen LogP contribution in [0.4, 0.5) is 0 Å². The van der Waals surface area contributed by atoms with E-state index in [-0.39, 0.29) is 17.5 Å². The first-order valence-corrected chi connectivity index (χ1v) is 5.50. The van der Waals surface area contributed by atoms with Crippen molar-refractivity contribution in [3.05, 3.63) is 0 Å². The van der Waals surface area contributed by atoms with Gasteiger partial charge in [-0.05, 0) is 33.7 Å². The molecule has 1 aliphatic heterocycles. The predicted octanol–water partition coefficient (Wildman–Crippen LogP) is 0.622. The van der Waals surface area contributed by atoms with Gasteiger partial charge in [0.25, 0.3) is 0 Å². The maximum absolute atomic E-state index is 12.1. The zero-order valence-electron chi connectivity index (χ0n) is 10.2. The van der Waals surface area contributed by atoms with E-state index in [1.807, 2.05) is 25.8 Å². The largest absolute Gasteiger partial charge is 0.382 e. The average Bonchev–Trinajstić information content (AvgIpc) is 2.17. The fourth-order valence-corrected chi connectivity index (χ4v) is 2.18.